The minimum Gasteiger partial charge on any atom is -0.267 e. The lowest BCUT2D eigenvalue weighted by molar-refractivity contribution is 0.830. The van der Waals surface area contributed by atoms with Crippen molar-refractivity contribution in [1.82, 2.24) is 9.66 Å². The smallest absolute Gasteiger partial charge is 0.267 e. The molecule has 0 N–H and O–H groups in total. The van der Waals surface area contributed by atoms with Gasteiger partial charge in [0.2, 0.25) is 0 Å². The molecule has 160 valence electrons. The highest BCUT2D eigenvalue weighted by atomic mass is 35.5. The van der Waals surface area contributed by atoms with Crippen molar-refractivity contribution in [3.8, 4) is 11.4 Å². The SMILES string of the molecule is O=c1c2ccccc2nc(-c2ccccc2)n1N=Cc1ccc(Sc2ccc(Cl)cc2)cc1. The Balaban J connectivity index is 1.48. The van der Waals surface area contributed by atoms with Crippen LogP contribution in [0.3, 0.4) is 0 Å². The van der Waals surface area contributed by atoms with Crippen molar-refractivity contribution in [2.75, 3.05) is 0 Å². The summed E-state index contributed by atoms with van der Waals surface area (Å²) in [7, 11) is 0. The van der Waals surface area contributed by atoms with Gasteiger partial charge in [0.05, 0.1) is 17.1 Å². The molecule has 0 bridgehead atoms. The van der Waals surface area contributed by atoms with E-state index in [1.165, 1.54) is 4.68 Å². The van der Waals surface area contributed by atoms with Crippen LogP contribution in [-0.4, -0.2) is 15.9 Å². The molecule has 1 heterocycles. The molecule has 0 saturated heterocycles. The topological polar surface area (TPSA) is 47.2 Å². The van der Waals surface area contributed by atoms with Gasteiger partial charge in [-0.15, -0.1) is 0 Å². The van der Waals surface area contributed by atoms with Gasteiger partial charge in [-0.3, -0.25) is 4.79 Å². The molecule has 0 radical (unpaired) electrons. The molecule has 1 aromatic heterocycles. The molecule has 0 unspecified atom stereocenters. The van der Waals surface area contributed by atoms with Crippen LogP contribution in [0.4, 0.5) is 0 Å². The van der Waals surface area contributed by atoms with Crippen molar-refractivity contribution in [2.45, 2.75) is 9.79 Å². The third kappa shape index (κ3) is 4.75. The molecule has 0 aliphatic carbocycles. The molecule has 0 aliphatic rings. The maximum Gasteiger partial charge on any atom is 0.282 e. The Morgan fingerprint density at radius 3 is 2.15 bits per heavy atom. The summed E-state index contributed by atoms with van der Waals surface area (Å²) >= 11 is 7.62. The van der Waals surface area contributed by atoms with E-state index in [1.54, 1.807) is 24.0 Å². The molecule has 5 rings (SSSR count). The van der Waals surface area contributed by atoms with Gasteiger partial charge in [-0.1, -0.05) is 78.0 Å². The monoisotopic (exact) mass is 467 g/mol. The predicted octanol–water partition coefficient (Wildman–Crippen LogP) is 6.75. The number of nitrogens with zero attached hydrogens (tertiary/aromatic N) is 3. The van der Waals surface area contributed by atoms with Crippen molar-refractivity contribution in [3.05, 3.63) is 124 Å². The third-order valence-electron chi connectivity index (χ3n) is 5.04. The average molecular weight is 468 g/mol. The highest BCUT2D eigenvalue weighted by Crippen LogP contribution is 2.28. The van der Waals surface area contributed by atoms with Crippen LogP contribution in [0.15, 0.2) is 123 Å². The quantitative estimate of drug-likeness (QED) is 0.268. The summed E-state index contributed by atoms with van der Waals surface area (Å²) in [5.41, 5.74) is 2.16. The van der Waals surface area contributed by atoms with Crippen LogP contribution < -0.4 is 5.56 Å². The van der Waals surface area contributed by atoms with Gasteiger partial charge in [-0.05, 0) is 54.1 Å². The second-order valence-corrected chi connectivity index (χ2v) is 8.89. The largest absolute Gasteiger partial charge is 0.282 e. The number of aromatic nitrogens is 2. The maximum absolute atomic E-state index is 13.2. The lowest BCUT2D eigenvalue weighted by atomic mass is 10.2. The Hall–Kier alpha value is -3.67. The number of hydrogen-bond acceptors (Lipinski definition) is 4. The highest BCUT2D eigenvalue weighted by Gasteiger charge is 2.11. The van der Waals surface area contributed by atoms with E-state index in [2.05, 4.69) is 5.10 Å². The van der Waals surface area contributed by atoms with Crippen LogP contribution in [-0.2, 0) is 0 Å². The molecule has 0 spiro atoms. The lowest BCUT2D eigenvalue weighted by Crippen LogP contribution is -2.20. The Morgan fingerprint density at radius 2 is 1.42 bits per heavy atom. The second kappa shape index (κ2) is 9.45. The van der Waals surface area contributed by atoms with Gasteiger partial charge >= 0.3 is 0 Å². The van der Waals surface area contributed by atoms with Crippen LogP contribution >= 0.6 is 23.4 Å². The summed E-state index contributed by atoms with van der Waals surface area (Å²) in [6, 6.07) is 32.7. The van der Waals surface area contributed by atoms with E-state index in [0.29, 0.717) is 16.7 Å². The minimum absolute atomic E-state index is 0.203. The molecule has 4 aromatic carbocycles. The minimum atomic E-state index is -0.203. The van der Waals surface area contributed by atoms with E-state index in [-0.39, 0.29) is 5.56 Å². The summed E-state index contributed by atoms with van der Waals surface area (Å²) in [5, 5.41) is 5.77. The predicted molar refractivity (Wildman–Crippen MR) is 136 cm³/mol. The van der Waals surface area contributed by atoms with Gasteiger partial charge < -0.3 is 0 Å². The van der Waals surface area contributed by atoms with E-state index in [0.717, 1.165) is 25.9 Å². The number of fused-ring (bicyclic) bond motifs is 1. The molecule has 33 heavy (non-hydrogen) atoms. The van der Waals surface area contributed by atoms with Crippen LogP contribution in [0.25, 0.3) is 22.3 Å². The fourth-order valence-corrected chi connectivity index (χ4v) is 4.33. The molecule has 0 fully saturated rings. The molecule has 0 saturated carbocycles. The van der Waals surface area contributed by atoms with Gasteiger partial charge in [0.25, 0.3) is 5.56 Å². The second-order valence-electron chi connectivity index (χ2n) is 7.31. The number of benzene rings is 4. The van der Waals surface area contributed by atoms with E-state index < -0.39 is 0 Å². The summed E-state index contributed by atoms with van der Waals surface area (Å²) < 4.78 is 1.37. The maximum atomic E-state index is 13.2. The zero-order chi connectivity index (χ0) is 22.6. The van der Waals surface area contributed by atoms with Gasteiger partial charge in [-0.2, -0.15) is 9.78 Å². The fourth-order valence-electron chi connectivity index (χ4n) is 3.39. The molecule has 0 amide bonds. The lowest BCUT2D eigenvalue weighted by Gasteiger charge is -2.09. The normalized spacial score (nSPS) is 11.3. The Bertz CT molecular complexity index is 1500. The molecule has 6 heteroatoms. The van der Waals surface area contributed by atoms with Gasteiger partial charge in [0.1, 0.15) is 0 Å². The van der Waals surface area contributed by atoms with E-state index in [9.17, 15) is 4.79 Å². The van der Waals surface area contributed by atoms with Crippen molar-refractivity contribution < 1.29 is 0 Å². The van der Waals surface area contributed by atoms with E-state index in [4.69, 9.17) is 16.6 Å². The first-order chi connectivity index (χ1) is 16.2. The first-order valence-corrected chi connectivity index (χ1v) is 11.5. The zero-order valence-electron chi connectivity index (χ0n) is 17.4. The highest BCUT2D eigenvalue weighted by molar-refractivity contribution is 7.99. The van der Waals surface area contributed by atoms with Gasteiger partial charge in [0.15, 0.2) is 5.82 Å². The van der Waals surface area contributed by atoms with Crippen molar-refractivity contribution in [3.63, 3.8) is 0 Å². The van der Waals surface area contributed by atoms with E-state index in [1.807, 2.05) is 97.1 Å². The molecule has 4 nitrogen and oxygen atoms in total. The number of para-hydroxylation sites is 1. The summed E-state index contributed by atoms with van der Waals surface area (Å²) in [6.07, 6.45) is 1.68. The molecule has 5 aromatic rings. The summed E-state index contributed by atoms with van der Waals surface area (Å²) in [4.78, 5) is 20.2. The fraction of sp³-hybridized carbons (Fsp3) is 0. The van der Waals surface area contributed by atoms with Crippen molar-refractivity contribution in [1.29, 1.82) is 0 Å². The van der Waals surface area contributed by atoms with Crippen molar-refractivity contribution in [2.24, 2.45) is 5.10 Å². The standard InChI is InChI=1S/C27H18ClN3OS/c28-21-12-16-23(17-13-21)33-22-14-10-19(11-15-22)18-29-31-26(20-6-2-1-3-7-20)30-25-9-5-4-8-24(25)27(31)32/h1-18H. The van der Waals surface area contributed by atoms with Crippen molar-refractivity contribution >= 4 is 40.5 Å². The summed E-state index contributed by atoms with van der Waals surface area (Å²) in [6.45, 7) is 0. The Kier molecular flexibility index (Phi) is 6.07. The number of halogens is 1. The Morgan fingerprint density at radius 1 is 0.788 bits per heavy atom. The Labute approximate surface area is 200 Å². The summed E-state index contributed by atoms with van der Waals surface area (Å²) in [5.74, 6) is 0.505. The first-order valence-electron chi connectivity index (χ1n) is 10.3. The van der Waals surface area contributed by atoms with Crippen LogP contribution in [0.2, 0.25) is 5.02 Å². The first kappa shape index (κ1) is 21.2. The molecule has 0 aliphatic heterocycles. The zero-order valence-corrected chi connectivity index (χ0v) is 19.0. The van der Waals surface area contributed by atoms with Gasteiger partial charge in [-0.25, -0.2) is 4.98 Å². The third-order valence-corrected chi connectivity index (χ3v) is 6.31. The molecule has 0 atom stereocenters. The van der Waals surface area contributed by atoms with Gasteiger partial charge in [0, 0.05) is 20.4 Å². The number of hydrogen-bond donors (Lipinski definition) is 0. The molecular weight excluding hydrogens is 450 g/mol. The average Bonchev–Trinajstić information content (AvgIpc) is 2.86. The molecular formula is C27H18ClN3OS. The van der Waals surface area contributed by atoms with Crippen LogP contribution in [0.1, 0.15) is 5.56 Å². The van der Waals surface area contributed by atoms with Crippen LogP contribution in [0.5, 0.6) is 0 Å². The van der Waals surface area contributed by atoms with E-state index >= 15 is 0 Å². The van der Waals surface area contributed by atoms with Crippen LogP contribution in [0, 0.1) is 0 Å². The number of rotatable bonds is 5.